The fraction of sp³-hybridized carbons (Fsp3) is 0.0769. The third kappa shape index (κ3) is 3.40. The maximum absolute atomic E-state index is 12.3. The third-order valence-electron chi connectivity index (χ3n) is 2.72. The molecule has 21 heavy (non-hydrogen) atoms. The van der Waals surface area contributed by atoms with Gasteiger partial charge in [-0.25, -0.2) is 8.42 Å². The SMILES string of the molecule is Cc1ccc(S(=O)(=O)Nc2ccccc2[N+](=O)[O-])c(Br)c1. The smallest absolute Gasteiger partial charge is 0.273 e. The molecule has 0 unspecified atom stereocenters. The van der Waals surface area contributed by atoms with Crippen molar-refractivity contribution in [2.75, 3.05) is 4.72 Å². The molecule has 2 aromatic carbocycles. The van der Waals surface area contributed by atoms with Crippen molar-refractivity contribution in [1.82, 2.24) is 0 Å². The van der Waals surface area contributed by atoms with E-state index in [9.17, 15) is 18.5 Å². The molecule has 0 amide bonds. The van der Waals surface area contributed by atoms with Crippen LogP contribution in [0.15, 0.2) is 51.8 Å². The van der Waals surface area contributed by atoms with Crippen LogP contribution in [0.3, 0.4) is 0 Å². The average molecular weight is 371 g/mol. The van der Waals surface area contributed by atoms with Crippen molar-refractivity contribution in [2.24, 2.45) is 0 Å². The number of hydrogen-bond donors (Lipinski definition) is 1. The predicted molar refractivity (Wildman–Crippen MR) is 82.8 cm³/mol. The lowest BCUT2D eigenvalue weighted by Crippen LogP contribution is -2.14. The highest BCUT2D eigenvalue weighted by atomic mass is 79.9. The summed E-state index contributed by atoms with van der Waals surface area (Å²) in [7, 11) is -3.92. The number of nitro benzene ring substituents is 1. The molecule has 0 bridgehead atoms. The van der Waals surface area contributed by atoms with Gasteiger partial charge in [-0.1, -0.05) is 18.2 Å². The quantitative estimate of drug-likeness (QED) is 0.658. The Labute approximate surface area is 130 Å². The molecule has 110 valence electrons. The largest absolute Gasteiger partial charge is 0.293 e. The zero-order valence-electron chi connectivity index (χ0n) is 10.9. The van der Waals surface area contributed by atoms with Crippen LogP contribution in [-0.4, -0.2) is 13.3 Å². The summed E-state index contributed by atoms with van der Waals surface area (Å²) < 4.78 is 27.3. The number of para-hydroxylation sites is 2. The van der Waals surface area contributed by atoms with E-state index in [1.807, 2.05) is 6.92 Å². The van der Waals surface area contributed by atoms with Crippen LogP contribution in [0.25, 0.3) is 0 Å². The van der Waals surface area contributed by atoms with Gasteiger partial charge in [0.05, 0.1) is 4.92 Å². The van der Waals surface area contributed by atoms with Crippen LogP contribution >= 0.6 is 15.9 Å². The Morgan fingerprint density at radius 3 is 2.48 bits per heavy atom. The summed E-state index contributed by atoms with van der Waals surface area (Å²) in [6.45, 7) is 1.83. The number of halogens is 1. The molecule has 8 heteroatoms. The minimum absolute atomic E-state index is 0.0197. The molecule has 0 heterocycles. The lowest BCUT2D eigenvalue weighted by Gasteiger charge is -2.10. The van der Waals surface area contributed by atoms with Crippen LogP contribution in [0.5, 0.6) is 0 Å². The predicted octanol–water partition coefficient (Wildman–Crippen LogP) is 3.47. The molecule has 0 aliphatic heterocycles. The van der Waals surface area contributed by atoms with Gasteiger partial charge in [-0.2, -0.15) is 0 Å². The van der Waals surface area contributed by atoms with E-state index in [1.54, 1.807) is 12.1 Å². The van der Waals surface area contributed by atoms with Crippen molar-refractivity contribution >= 4 is 37.3 Å². The lowest BCUT2D eigenvalue weighted by atomic mass is 10.2. The van der Waals surface area contributed by atoms with Crippen molar-refractivity contribution in [1.29, 1.82) is 0 Å². The Balaban J connectivity index is 2.45. The number of aryl methyl sites for hydroxylation is 1. The normalized spacial score (nSPS) is 11.1. The molecule has 2 aromatic rings. The number of nitrogens with one attached hydrogen (secondary N) is 1. The molecule has 0 fully saturated rings. The van der Waals surface area contributed by atoms with Crippen LogP contribution in [0.4, 0.5) is 11.4 Å². The molecule has 0 saturated heterocycles. The van der Waals surface area contributed by atoms with E-state index < -0.39 is 14.9 Å². The highest BCUT2D eigenvalue weighted by Crippen LogP contribution is 2.29. The molecule has 0 aliphatic carbocycles. The van der Waals surface area contributed by atoms with Gasteiger partial charge in [-0.15, -0.1) is 0 Å². The second-order valence-electron chi connectivity index (χ2n) is 4.31. The summed E-state index contributed by atoms with van der Waals surface area (Å²) in [4.78, 5) is 10.3. The van der Waals surface area contributed by atoms with Crippen LogP contribution in [0, 0.1) is 17.0 Å². The highest BCUT2D eigenvalue weighted by molar-refractivity contribution is 9.10. The van der Waals surface area contributed by atoms with Gasteiger partial charge in [0.15, 0.2) is 0 Å². The minimum atomic E-state index is -3.92. The van der Waals surface area contributed by atoms with Crippen molar-refractivity contribution in [2.45, 2.75) is 11.8 Å². The van der Waals surface area contributed by atoms with E-state index in [0.29, 0.717) is 4.47 Å². The van der Waals surface area contributed by atoms with E-state index in [4.69, 9.17) is 0 Å². The van der Waals surface area contributed by atoms with Gasteiger partial charge in [0.2, 0.25) is 0 Å². The molecule has 0 spiro atoms. The van der Waals surface area contributed by atoms with Gasteiger partial charge < -0.3 is 0 Å². The number of benzene rings is 2. The van der Waals surface area contributed by atoms with Crippen molar-refractivity contribution < 1.29 is 13.3 Å². The molecule has 2 rings (SSSR count). The molecular formula is C13H11BrN2O4S. The van der Waals surface area contributed by atoms with Gasteiger partial charge in [-0.3, -0.25) is 14.8 Å². The molecule has 6 nitrogen and oxygen atoms in total. The first-order chi connectivity index (χ1) is 9.81. The van der Waals surface area contributed by atoms with E-state index in [2.05, 4.69) is 20.7 Å². The number of nitrogens with zero attached hydrogens (tertiary/aromatic N) is 1. The van der Waals surface area contributed by atoms with Gasteiger partial charge in [0, 0.05) is 10.5 Å². The van der Waals surface area contributed by atoms with Crippen LogP contribution in [0.2, 0.25) is 0 Å². The average Bonchev–Trinajstić information content (AvgIpc) is 2.37. The maximum atomic E-state index is 12.3. The first kappa shape index (κ1) is 15.5. The molecule has 1 N–H and O–H groups in total. The molecule has 0 atom stereocenters. The van der Waals surface area contributed by atoms with Gasteiger partial charge in [0.1, 0.15) is 10.6 Å². The summed E-state index contributed by atoms with van der Waals surface area (Å²) in [5.41, 5.74) is 0.519. The van der Waals surface area contributed by atoms with Crippen molar-refractivity contribution in [3.05, 3.63) is 62.6 Å². The molecule has 0 aliphatic rings. The Hall–Kier alpha value is -1.93. The lowest BCUT2D eigenvalue weighted by molar-refractivity contribution is -0.383. The number of hydrogen-bond acceptors (Lipinski definition) is 4. The highest BCUT2D eigenvalue weighted by Gasteiger charge is 2.22. The summed E-state index contributed by atoms with van der Waals surface area (Å²) in [6.07, 6.45) is 0. The zero-order chi connectivity index (χ0) is 15.6. The van der Waals surface area contributed by atoms with Gasteiger partial charge >= 0.3 is 0 Å². The zero-order valence-corrected chi connectivity index (χ0v) is 13.3. The Morgan fingerprint density at radius 1 is 1.19 bits per heavy atom. The topological polar surface area (TPSA) is 89.3 Å². The number of nitro groups is 1. The van der Waals surface area contributed by atoms with E-state index in [0.717, 1.165) is 5.56 Å². The Bertz CT molecular complexity index is 806. The molecule has 0 aromatic heterocycles. The minimum Gasteiger partial charge on any atom is -0.273 e. The van der Waals surface area contributed by atoms with E-state index in [1.165, 1.54) is 30.3 Å². The second-order valence-corrected chi connectivity index (χ2v) is 6.82. The molecule has 0 radical (unpaired) electrons. The Morgan fingerprint density at radius 2 is 1.86 bits per heavy atom. The van der Waals surface area contributed by atoms with E-state index in [-0.39, 0.29) is 16.3 Å². The van der Waals surface area contributed by atoms with Gasteiger partial charge in [0.25, 0.3) is 15.7 Å². The van der Waals surface area contributed by atoms with Crippen LogP contribution < -0.4 is 4.72 Å². The molecular weight excluding hydrogens is 360 g/mol. The summed E-state index contributed by atoms with van der Waals surface area (Å²) in [5, 5.41) is 10.9. The Kier molecular flexibility index (Phi) is 4.29. The standard InChI is InChI=1S/C13H11BrN2O4S/c1-9-6-7-13(10(14)8-9)21(19,20)15-11-4-2-3-5-12(11)16(17)18/h2-8,15H,1H3. The second kappa shape index (κ2) is 5.82. The summed E-state index contributed by atoms with van der Waals surface area (Å²) in [5.74, 6) is 0. The maximum Gasteiger partial charge on any atom is 0.293 e. The van der Waals surface area contributed by atoms with Crippen LogP contribution in [-0.2, 0) is 10.0 Å². The number of rotatable bonds is 4. The molecule has 0 saturated carbocycles. The monoisotopic (exact) mass is 370 g/mol. The number of anilines is 1. The number of sulfonamides is 1. The van der Waals surface area contributed by atoms with E-state index >= 15 is 0 Å². The fourth-order valence-electron chi connectivity index (χ4n) is 1.74. The van der Waals surface area contributed by atoms with Crippen LogP contribution in [0.1, 0.15) is 5.56 Å². The first-order valence-electron chi connectivity index (χ1n) is 5.83. The van der Waals surface area contributed by atoms with Crippen molar-refractivity contribution in [3.8, 4) is 0 Å². The van der Waals surface area contributed by atoms with Crippen molar-refractivity contribution in [3.63, 3.8) is 0 Å². The third-order valence-corrected chi connectivity index (χ3v) is 5.06. The first-order valence-corrected chi connectivity index (χ1v) is 8.11. The summed E-state index contributed by atoms with van der Waals surface area (Å²) >= 11 is 3.19. The summed E-state index contributed by atoms with van der Waals surface area (Å²) in [6, 6.07) is 10.3. The van der Waals surface area contributed by atoms with Gasteiger partial charge in [-0.05, 0) is 46.6 Å². The fourth-order valence-corrected chi connectivity index (χ4v) is 4.01.